The van der Waals surface area contributed by atoms with Gasteiger partial charge in [-0.2, -0.15) is 14.8 Å². The topological polar surface area (TPSA) is 112 Å². The highest BCUT2D eigenvalue weighted by atomic mass is 80.0. The van der Waals surface area contributed by atoms with Crippen molar-refractivity contribution in [3.05, 3.63) is 67.8 Å². The standard InChI is InChI=1S/C8H4Br3ClN4.C6H2Br4N4.C4H3Br3N2S/c9-8(10,11)7-13-14-15-16(7)6-3-1-5(12)2-4-6;7-3-1-14-5(11-2-12-14)13-4(3)6(8,9)10;1-2-8-9-3(10-2)4(5,6)7/h1-4H;1-2H;1H3. The molecule has 0 unspecified atom stereocenters. The number of aryl methyl sites for hydroxylation is 1. The van der Waals surface area contributed by atoms with Crippen molar-refractivity contribution in [2.75, 3.05) is 0 Å². The number of halogens is 11. The zero-order valence-corrected chi connectivity index (χ0v) is 36.4. The van der Waals surface area contributed by atoms with Gasteiger partial charge in [0.05, 0.1) is 15.9 Å². The molecule has 5 aromatic rings. The summed E-state index contributed by atoms with van der Waals surface area (Å²) in [6.07, 6.45) is 3.25. The van der Waals surface area contributed by atoms with Crippen LogP contribution in [-0.2, 0) is 6.43 Å². The maximum atomic E-state index is 5.81. The number of rotatable bonds is 1. The quantitative estimate of drug-likeness (QED) is 0.153. The summed E-state index contributed by atoms with van der Waals surface area (Å²) in [4.78, 5) is 8.30. The number of hydrogen-bond donors (Lipinski definition) is 0. The molecule has 0 N–H and O–H groups in total. The summed E-state index contributed by atoms with van der Waals surface area (Å²) in [6.45, 7) is 1.92. The van der Waals surface area contributed by atoms with E-state index in [-0.39, 0.29) is 0 Å². The van der Waals surface area contributed by atoms with Crippen LogP contribution in [0, 0.1) is 6.92 Å². The van der Waals surface area contributed by atoms with Gasteiger partial charge in [0, 0.05) is 11.2 Å². The van der Waals surface area contributed by atoms with Crippen LogP contribution in [-0.4, -0.2) is 50.0 Å². The molecular formula is C18H9Br10ClN10S. The van der Waals surface area contributed by atoms with Crippen molar-refractivity contribution >= 4 is 188 Å². The summed E-state index contributed by atoms with van der Waals surface area (Å²) in [5.41, 5.74) is 1.57. The Bertz CT molecular complexity index is 1560. The zero-order chi connectivity index (χ0) is 29.9. The van der Waals surface area contributed by atoms with Gasteiger partial charge >= 0.3 is 0 Å². The van der Waals surface area contributed by atoms with Crippen LogP contribution in [0.4, 0.5) is 0 Å². The van der Waals surface area contributed by atoms with E-state index in [0.717, 1.165) is 25.9 Å². The lowest BCUT2D eigenvalue weighted by Crippen LogP contribution is -2.10. The molecule has 0 atom stereocenters. The lowest BCUT2D eigenvalue weighted by atomic mass is 10.3. The number of benzene rings is 1. The number of alkyl halides is 9. The maximum absolute atomic E-state index is 5.81. The summed E-state index contributed by atoms with van der Waals surface area (Å²) in [5.74, 6) is 1.13. The number of aromatic nitrogens is 10. The molecule has 0 spiro atoms. The Balaban J connectivity index is 0.000000170. The van der Waals surface area contributed by atoms with Crippen LogP contribution in [0.1, 0.15) is 21.5 Å². The first kappa shape index (κ1) is 36.0. The average Bonchev–Trinajstić information content (AvgIpc) is 3.59. The van der Waals surface area contributed by atoms with Gasteiger partial charge in [-0.15, -0.1) is 15.3 Å². The fourth-order valence-corrected chi connectivity index (χ4v) is 7.14. The van der Waals surface area contributed by atoms with E-state index in [0.29, 0.717) is 16.6 Å². The number of tetrazole rings is 1. The minimum absolute atomic E-state index is 0.404. The molecule has 10 nitrogen and oxygen atoms in total. The molecule has 5 rings (SSSR count). The lowest BCUT2D eigenvalue weighted by Gasteiger charge is -2.12. The van der Waals surface area contributed by atoms with E-state index in [9.17, 15) is 0 Å². The van der Waals surface area contributed by atoms with Crippen molar-refractivity contribution in [3.8, 4) is 5.69 Å². The third-order valence-electron chi connectivity index (χ3n) is 4.06. The molecule has 0 aliphatic carbocycles. The Hall–Kier alpha value is 1.49. The summed E-state index contributed by atoms with van der Waals surface area (Å²) in [7, 11) is 0. The molecule has 0 saturated carbocycles. The summed E-state index contributed by atoms with van der Waals surface area (Å²) < 4.78 is 2.39. The smallest absolute Gasteiger partial charge is 0.212 e. The predicted octanol–water partition coefficient (Wildman–Crippen LogP) is 9.93. The van der Waals surface area contributed by atoms with E-state index in [2.05, 4.69) is 200 Å². The van der Waals surface area contributed by atoms with Gasteiger partial charge in [-0.05, 0) is 57.5 Å². The fourth-order valence-electron chi connectivity index (χ4n) is 2.47. The van der Waals surface area contributed by atoms with E-state index in [1.54, 1.807) is 27.5 Å². The number of hydrogen-bond acceptors (Lipinski definition) is 9. The van der Waals surface area contributed by atoms with Gasteiger partial charge in [0.25, 0.3) is 5.78 Å². The second kappa shape index (κ2) is 15.2. The van der Waals surface area contributed by atoms with E-state index < -0.39 is 6.43 Å². The van der Waals surface area contributed by atoms with Gasteiger partial charge in [0.15, 0.2) is 17.3 Å². The van der Waals surface area contributed by atoms with Crippen molar-refractivity contribution in [1.82, 2.24) is 50.0 Å². The van der Waals surface area contributed by atoms with Crippen molar-refractivity contribution in [3.63, 3.8) is 0 Å². The van der Waals surface area contributed by atoms with Crippen LogP contribution in [0.15, 0.2) is 41.3 Å². The third kappa shape index (κ3) is 10.5. The molecule has 40 heavy (non-hydrogen) atoms. The van der Waals surface area contributed by atoms with E-state index in [1.165, 1.54) is 17.7 Å². The summed E-state index contributed by atoms with van der Waals surface area (Å²) in [6, 6.07) is 7.23. The highest BCUT2D eigenvalue weighted by molar-refractivity contribution is 9.39. The van der Waals surface area contributed by atoms with Gasteiger partial charge in [0.2, 0.25) is 0 Å². The van der Waals surface area contributed by atoms with Gasteiger partial charge in [0.1, 0.15) is 11.3 Å². The fraction of sp³-hybridized carbons (Fsp3) is 0.222. The Labute approximate surface area is 320 Å². The Kier molecular flexibility index (Phi) is 13.7. The maximum Gasteiger partial charge on any atom is 0.252 e. The monoisotopic (exact) mass is 1220 g/mol. The largest absolute Gasteiger partial charge is 0.252 e. The molecule has 22 heteroatoms. The highest BCUT2D eigenvalue weighted by Crippen LogP contribution is 2.46. The second-order valence-electron chi connectivity index (χ2n) is 6.95. The van der Waals surface area contributed by atoms with Crippen molar-refractivity contribution in [2.45, 2.75) is 13.4 Å². The van der Waals surface area contributed by atoms with Crippen molar-refractivity contribution in [2.24, 2.45) is 0 Å². The average molecular weight is 1230 g/mol. The molecule has 4 aromatic heterocycles. The van der Waals surface area contributed by atoms with Crippen molar-refractivity contribution < 1.29 is 0 Å². The van der Waals surface area contributed by atoms with Gasteiger partial charge in [-0.3, -0.25) is 0 Å². The summed E-state index contributed by atoms with van der Waals surface area (Å²) in [5, 5.41) is 25.7. The molecule has 0 fully saturated rings. The van der Waals surface area contributed by atoms with Gasteiger partial charge in [-0.25, -0.2) is 9.50 Å². The van der Waals surface area contributed by atoms with Crippen LogP contribution < -0.4 is 0 Å². The molecule has 4 heterocycles. The first-order valence-corrected chi connectivity index (χ1v) is 19.0. The Morgan fingerprint density at radius 1 is 0.850 bits per heavy atom. The predicted molar refractivity (Wildman–Crippen MR) is 193 cm³/mol. The second-order valence-corrected chi connectivity index (χ2v) is 29.7. The molecule has 0 amide bonds. The van der Waals surface area contributed by atoms with Gasteiger partial charge in [-0.1, -0.05) is 166 Å². The zero-order valence-electron chi connectivity index (χ0n) is 19.0. The third-order valence-corrected chi connectivity index (χ3v) is 9.95. The van der Waals surface area contributed by atoms with E-state index >= 15 is 0 Å². The summed E-state index contributed by atoms with van der Waals surface area (Å²) >= 11 is 41.1. The molecule has 0 aliphatic heterocycles. The van der Waals surface area contributed by atoms with Gasteiger partial charge < -0.3 is 0 Å². The number of fused-ring (bicyclic) bond motifs is 1. The first-order valence-electron chi connectivity index (χ1n) is 9.88. The Morgan fingerprint density at radius 3 is 2.00 bits per heavy atom. The molecule has 214 valence electrons. The number of nitrogens with zero attached hydrogens (tertiary/aromatic N) is 10. The SMILES string of the molecule is Brc1cn2ncnc2nc1C(Br)(Br)Br.Cc1nnc(C(Br)(Br)Br)s1.Clc1ccc(-n2nnnc2C(Br)(Br)Br)cc1. The minimum Gasteiger partial charge on any atom is -0.212 e. The van der Waals surface area contributed by atoms with Crippen molar-refractivity contribution in [1.29, 1.82) is 0 Å². The van der Waals surface area contributed by atoms with Crippen LogP contribution in [0.5, 0.6) is 0 Å². The molecule has 0 aliphatic rings. The molecule has 0 saturated heterocycles. The molecule has 0 radical (unpaired) electrons. The van der Waals surface area contributed by atoms with E-state index in [1.807, 2.05) is 19.1 Å². The molecule has 1 aromatic carbocycles. The van der Waals surface area contributed by atoms with Crippen LogP contribution in [0.25, 0.3) is 11.5 Å². The Morgan fingerprint density at radius 2 is 1.50 bits per heavy atom. The normalized spacial score (nSPS) is 12.0. The molecular weight excluding hydrogens is 1220 g/mol. The van der Waals surface area contributed by atoms with Crippen LogP contribution in [0.3, 0.4) is 0 Å². The lowest BCUT2D eigenvalue weighted by molar-refractivity contribution is 0.775. The minimum atomic E-state index is -0.657. The van der Waals surface area contributed by atoms with Crippen LogP contribution in [0.2, 0.25) is 5.02 Å². The van der Waals surface area contributed by atoms with E-state index in [4.69, 9.17) is 11.6 Å². The highest BCUT2D eigenvalue weighted by Gasteiger charge is 2.29. The molecule has 0 bridgehead atoms. The van der Waals surface area contributed by atoms with Crippen LogP contribution >= 0.6 is 182 Å². The first-order chi connectivity index (χ1) is 18.5.